The molecule has 4 aliphatic rings. The smallest absolute Gasteiger partial charge is 0.164 e. The molecule has 0 spiro atoms. The largest absolute Gasteiger partial charge is 0.501 e. The van der Waals surface area contributed by atoms with Crippen LogP contribution < -0.4 is 0 Å². The number of ketones is 1. The van der Waals surface area contributed by atoms with Gasteiger partial charge in [-0.2, -0.15) is 0 Å². The molecule has 4 aliphatic carbocycles. The molecule has 0 saturated heterocycles. The van der Waals surface area contributed by atoms with E-state index in [0.29, 0.717) is 23.5 Å². The van der Waals surface area contributed by atoms with Crippen LogP contribution >= 0.6 is 0 Å². The molecule has 4 rings (SSSR count). The molecule has 0 unspecified atom stereocenters. The first kappa shape index (κ1) is 15.2. The Morgan fingerprint density at radius 3 is 2.91 bits per heavy atom. The van der Waals surface area contributed by atoms with Gasteiger partial charge in [-0.25, -0.2) is 0 Å². The Hall–Kier alpha value is -1.31. The third kappa shape index (κ3) is 2.03. The molecule has 2 saturated carbocycles. The minimum Gasteiger partial charge on any atom is -0.501 e. The van der Waals surface area contributed by atoms with Crippen LogP contribution in [-0.2, 0) is 9.53 Å². The van der Waals surface area contributed by atoms with E-state index in [0.717, 1.165) is 49.4 Å². The molecule has 0 radical (unpaired) electrons. The Kier molecular flexibility index (Phi) is 3.55. The maximum absolute atomic E-state index is 12.8. The summed E-state index contributed by atoms with van der Waals surface area (Å²) in [5.74, 6) is 4.19. The van der Waals surface area contributed by atoms with Crippen LogP contribution in [0.1, 0.15) is 51.9 Å². The summed E-state index contributed by atoms with van der Waals surface area (Å²) < 4.78 is 5.47. The Morgan fingerprint density at radius 1 is 1.35 bits per heavy atom. The van der Waals surface area contributed by atoms with Crippen molar-refractivity contribution in [3.8, 4) is 0 Å². The summed E-state index contributed by atoms with van der Waals surface area (Å²) in [7, 11) is 1.78. The maximum atomic E-state index is 12.8. The van der Waals surface area contributed by atoms with Gasteiger partial charge in [-0.15, -0.1) is 0 Å². The topological polar surface area (TPSA) is 26.3 Å². The predicted molar refractivity (Wildman–Crippen MR) is 91.7 cm³/mol. The highest BCUT2D eigenvalue weighted by atomic mass is 16.5. The van der Waals surface area contributed by atoms with Gasteiger partial charge in [-0.1, -0.05) is 19.6 Å². The second-order valence-corrected chi connectivity index (χ2v) is 8.02. The number of carbonyl (C=O) groups is 1. The molecular weight excluding hydrogens is 284 g/mol. The van der Waals surface area contributed by atoms with Crippen LogP contribution in [0.3, 0.4) is 0 Å². The monoisotopic (exact) mass is 312 g/mol. The van der Waals surface area contributed by atoms with Crippen LogP contribution in [0.25, 0.3) is 0 Å². The molecule has 2 fully saturated rings. The van der Waals surface area contributed by atoms with Crippen molar-refractivity contribution < 1.29 is 9.53 Å². The minimum absolute atomic E-state index is 0.0776. The van der Waals surface area contributed by atoms with Gasteiger partial charge < -0.3 is 4.74 Å². The molecule has 0 N–H and O–H groups in total. The average molecular weight is 312 g/mol. The molecule has 0 heterocycles. The Balaban J connectivity index is 1.68. The van der Waals surface area contributed by atoms with Gasteiger partial charge >= 0.3 is 0 Å². The summed E-state index contributed by atoms with van der Waals surface area (Å²) in [6, 6.07) is 0. The number of methoxy groups -OCH3 is 1. The molecule has 0 aliphatic heterocycles. The first-order valence-electron chi connectivity index (χ1n) is 9.28. The molecule has 5 atom stereocenters. The standard InChI is InChI=1S/C21H28O2/c1-4-21-10-9-17-16-8-6-15(23-3)12-14(16)5-7-18(17)19(21)11-13(2)20(21)22/h5,12,16-19H,2,4,6-11H2,1,3H3/t16-,17+,18+,19-,21-/m0/s1. The van der Waals surface area contributed by atoms with Crippen molar-refractivity contribution in [2.45, 2.75) is 51.9 Å². The predicted octanol–water partition coefficient (Wildman–Crippen LogP) is 4.82. The molecule has 0 aromatic heterocycles. The first-order chi connectivity index (χ1) is 11.1. The lowest BCUT2D eigenvalue weighted by molar-refractivity contribution is -0.130. The summed E-state index contributed by atoms with van der Waals surface area (Å²) in [4.78, 5) is 12.8. The molecule has 23 heavy (non-hydrogen) atoms. The van der Waals surface area contributed by atoms with E-state index in [-0.39, 0.29) is 5.41 Å². The second-order valence-electron chi connectivity index (χ2n) is 8.02. The summed E-state index contributed by atoms with van der Waals surface area (Å²) in [5.41, 5.74) is 2.32. The van der Waals surface area contributed by atoms with E-state index >= 15 is 0 Å². The summed E-state index contributed by atoms with van der Waals surface area (Å²) in [5, 5.41) is 0. The molecule has 0 amide bonds. The SMILES string of the molecule is C=C1C[C@H]2[C@@H]3CC=C4C=C(OC)CC[C@@H]4[C@H]3CC[C@]2(CC)C1=O. The van der Waals surface area contributed by atoms with E-state index in [1.807, 2.05) is 0 Å². The van der Waals surface area contributed by atoms with Crippen molar-refractivity contribution in [3.63, 3.8) is 0 Å². The van der Waals surface area contributed by atoms with Gasteiger partial charge in [-0.3, -0.25) is 4.79 Å². The van der Waals surface area contributed by atoms with Crippen LogP contribution in [-0.4, -0.2) is 12.9 Å². The number of fused-ring (bicyclic) bond motifs is 5. The molecular formula is C21H28O2. The molecule has 0 aromatic rings. The second kappa shape index (κ2) is 5.36. The lowest BCUT2D eigenvalue weighted by atomic mass is 9.52. The molecule has 0 bridgehead atoms. The first-order valence-corrected chi connectivity index (χ1v) is 9.28. The number of ether oxygens (including phenoxy) is 1. The molecule has 2 nitrogen and oxygen atoms in total. The van der Waals surface area contributed by atoms with E-state index in [9.17, 15) is 4.79 Å². The number of carbonyl (C=O) groups excluding carboxylic acids is 1. The van der Waals surface area contributed by atoms with Crippen LogP contribution in [0.15, 0.2) is 35.6 Å². The van der Waals surface area contributed by atoms with Crippen molar-refractivity contribution in [1.29, 1.82) is 0 Å². The van der Waals surface area contributed by atoms with Crippen molar-refractivity contribution in [2.75, 3.05) is 7.11 Å². The van der Waals surface area contributed by atoms with Crippen LogP contribution in [0.2, 0.25) is 0 Å². The van der Waals surface area contributed by atoms with E-state index < -0.39 is 0 Å². The van der Waals surface area contributed by atoms with Gasteiger partial charge in [0.1, 0.15) is 0 Å². The van der Waals surface area contributed by atoms with Crippen LogP contribution in [0, 0.1) is 29.1 Å². The highest BCUT2D eigenvalue weighted by Crippen LogP contribution is 2.62. The van der Waals surface area contributed by atoms with Gasteiger partial charge in [0.2, 0.25) is 0 Å². The van der Waals surface area contributed by atoms with E-state index in [4.69, 9.17) is 4.74 Å². The maximum Gasteiger partial charge on any atom is 0.164 e. The van der Waals surface area contributed by atoms with E-state index in [1.165, 1.54) is 18.4 Å². The van der Waals surface area contributed by atoms with Gasteiger partial charge in [0.05, 0.1) is 12.9 Å². The number of rotatable bonds is 2. The lowest BCUT2D eigenvalue weighted by Gasteiger charge is -2.51. The van der Waals surface area contributed by atoms with Gasteiger partial charge in [0.15, 0.2) is 5.78 Å². The number of Topliss-reactive ketones (excluding diaryl/α,β-unsaturated/α-hetero) is 1. The third-order valence-electron chi connectivity index (χ3n) is 7.43. The molecule has 2 heteroatoms. The minimum atomic E-state index is -0.0776. The quantitative estimate of drug-likeness (QED) is 0.683. The zero-order chi connectivity index (χ0) is 16.2. The van der Waals surface area contributed by atoms with Gasteiger partial charge in [0, 0.05) is 11.8 Å². The summed E-state index contributed by atoms with van der Waals surface area (Å²) in [6.07, 6.45) is 12.4. The summed E-state index contributed by atoms with van der Waals surface area (Å²) >= 11 is 0. The number of hydrogen-bond donors (Lipinski definition) is 0. The Labute approximate surface area is 139 Å². The van der Waals surface area contributed by atoms with Gasteiger partial charge in [0.25, 0.3) is 0 Å². The highest BCUT2D eigenvalue weighted by Gasteiger charge is 2.58. The fourth-order valence-corrected chi connectivity index (χ4v) is 6.24. The van der Waals surface area contributed by atoms with Crippen molar-refractivity contribution >= 4 is 5.78 Å². The fraction of sp³-hybridized carbons (Fsp3) is 0.667. The Morgan fingerprint density at radius 2 is 2.17 bits per heavy atom. The van der Waals surface area contributed by atoms with Crippen molar-refractivity contribution in [2.24, 2.45) is 29.1 Å². The summed E-state index contributed by atoms with van der Waals surface area (Å²) in [6.45, 7) is 6.31. The fourth-order valence-electron chi connectivity index (χ4n) is 6.24. The van der Waals surface area contributed by atoms with Gasteiger partial charge in [-0.05, 0) is 79.4 Å². The molecule has 0 aromatic carbocycles. The van der Waals surface area contributed by atoms with E-state index in [1.54, 1.807) is 7.11 Å². The normalized spacial score (nSPS) is 42.3. The zero-order valence-corrected chi connectivity index (χ0v) is 14.4. The Bertz CT molecular complexity index is 611. The highest BCUT2D eigenvalue weighted by molar-refractivity contribution is 6.02. The lowest BCUT2D eigenvalue weighted by Crippen LogP contribution is -2.46. The zero-order valence-electron chi connectivity index (χ0n) is 14.4. The van der Waals surface area contributed by atoms with Crippen LogP contribution in [0.4, 0.5) is 0 Å². The average Bonchev–Trinajstić information content (AvgIpc) is 2.85. The van der Waals surface area contributed by atoms with Crippen molar-refractivity contribution in [3.05, 3.63) is 35.6 Å². The van der Waals surface area contributed by atoms with Crippen molar-refractivity contribution in [1.82, 2.24) is 0 Å². The number of hydrogen-bond acceptors (Lipinski definition) is 2. The van der Waals surface area contributed by atoms with Crippen LogP contribution in [0.5, 0.6) is 0 Å². The third-order valence-corrected chi connectivity index (χ3v) is 7.43. The molecule has 124 valence electrons. The number of allylic oxidation sites excluding steroid dienone is 5. The van der Waals surface area contributed by atoms with E-state index in [2.05, 4.69) is 25.7 Å².